The van der Waals surface area contributed by atoms with Gasteiger partial charge < -0.3 is 0 Å². The van der Waals surface area contributed by atoms with Gasteiger partial charge in [0.1, 0.15) is 0 Å². The molecule has 0 saturated carbocycles. The van der Waals surface area contributed by atoms with Crippen LogP contribution in [0.25, 0.3) is 11.2 Å². The van der Waals surface area contributed by atoms with Gasteiger partial charge in [-0.2, -0.15) is 0 Å². The Kier molecular flexibility index (Phi) is 3.15. The van der Waals surface area contributed by atoms with E-state index in [2.05, 4.69) is 31.0 Å². The number of ether oxygens (including phenoxy) is 1. The summed E-state index contributed by atoms with van der Waals surface area (Å²) in [5.41, 5.74) is 0.568. The zero-order valence-corrected chi connectivity index (χ0v) is 11.5. The molecule has 3 rings (SSSR count). The van der Waals surface area contributed by atoms with Crippen molar-refractivity contribution >= 4 is 27.2 Å². The van der Waals surface area contributed by atoms with Crippen LogP contribution >= 0.6 is 0 Å². The number of hydrogen-bond acceptors (Lipinski definition) is 7. The number of nitrogens with zero attached hydrogens (tertiary/aromatic N) is 4. The fourth-order valence-corrected chi connectivity index (χ4v) is 2.77. The van der Waals surface area contributed by atoms with E-state index in [0.717, 1.165) is 0 Å². The molecule has 2 aromatic rings. The van der Waals surface area contributed by atoms with Gasteiger partial charge in [-0.05, 0) is 0 Å². The third-order valence-electron chi connectivity index (χ3n) is 3.13. The summed E-state index contributed by atoms with van der Waals surface area (Å²) in [6.07, 6.45) is -0.713. The summed E-state index contributed by atoms with van der Waals surface area (Å²) in [5.74, 6) is -0.236. The molecule has 0 aromatic carbocycles. The van der Waals surface area contributed by atoms with E-state index in [1.165, 1.54) is 17.2 Å². The van der Waals surface area contributed by atoms with Crippen molar-refractivity contribution < 1.29 is 20.1 Å². The van der Waals surface area contributed by atoms with E-state index in [1.54, 1.807) is 0 Å². The van der Waals surface area contributed by atoms with Crippen molar-refractivity contribution in [1.29, 1.82) is 0 Å². The molecule has 0 spiro atoms. The molecule has 1 aliphatic heterocycles. The summed E-state index contributed by atoms with van der Waals surface area (Å²) in [4.78, 5) is 11.6. The Balaban J connectivity index is 2.04. The Hall–Kier alpha value is -1.25. The van der Waals surface area contributed by atoms with Gasteiger partial charge in [0.15, 0.2) is 0 Å². The van der Waals surface area contributed by atoms with Crippen molar-refractivity contribution in [3.05, 3.63) is 12.7 Å². The van der Waals surface area contributed by atoms with E-state index < -0.39 is 24.5 Å². The van der Waals surface area contributed by atoms with Crippen LogP contribution in [0.5, 0.6) is 5.88 Å². The van der Waals surface area contributed by atoms with Gasteiger partial charge in [-0.15, -0.1) is 0 Å². The molecule has 19 heavy (non-hydrogen) atoms. The standard InChI is InChI=1S/C10H12N4O4Se/c15-6-4(1-19)18-10(7(6)16)14-3-13-5-8(14)11-2-12-9(5)17/h2-4,6-7,10,15-16,19H,1H2,(H,11,12,17)/t4-,6-,7-,10-/m1/s1. The average molecular weight is 331 g/mol. The Labute approximate surface area is 115 Å². The van der Waals surface area contributed by atoms with Gasteiger partial charge in [-0.3, -0.25) is 0 Å². The van der Waals surface area contributed by atoms with Crippen LogP contribution in [0.15, 0.2) is 12.7 Å². The molecular formula is C10H12N4O4Se. The molecule has 0 bridgehead atoms. The molecule has 3 heterocycles. The molecule has 8 nitrogen and oxygen atoms in total. The normalized spacial score (nSPS) is 31.1. The average Bonchev–Trinajstić information content (AvgIpc) is 2.94. The number of aromatic hydroxyl groups is 1. The Morgan fingerprint density at radius 2 is 2.05 bits per heavy atom. The zero-order chi connectivity index (χ0) is 13.6. The van der Waals surface area contributed by atoms with E-state index in [9.17, 15) is 15.3 Å². The summed E-state index contributed by atoms with van der Waals surface area (Å²) < 4.78 is 7.07. The summed E-state index contributed by atoms with van der Waals surface area (Å²) in [6.45, 7) is 0. The summed E-state index contributed by atoms with van der Waals surface area (Å²) in [7, 11) is 0. The van der Waals surface area contributed by atoms with Gasteiger partial charge in [-0.1, -0.05) is 0 Å². The fraction of sp³-hybridized carbons (Fsp3) is 0.500. The number of aliphatic hydroxyl groups excluding tert-OH is 2. The molecular weight excluding hydrogens is 319 g/mol. The molecule has 0 aliphatic carbocycles. The maximum atomic E-state index is 10.0. The van der Waals surface area contributed by atoms with E-state index in [0.29, 0.717) is 11.0 Å². The third kappa shape index (κ3) is 1.90. The van der Waals surface area contributed by atoms with Gasteiger partial charge in [0.25, 0.3) is 0 Å². The number of hydrogen-bond donors (Lipinski definition) is 3. The van der Waals surface area contributed by atoms with Crippen LogP contribution in [-0.4, -0.2) is 69.2 Å². The number of rotatable bonds is 2. The monoisotopic (exact) mass is 332 g/mol. The van der Waals surface area contributed by atoms with Gasteiger partial charge in [0.05, 0.1) is 0 Å². The van der Waals surface area contributed by atoms with Crippen LogP contribution in [0.3, 0.4) is 0 Å². The summed E-state index contributed by atoms with van der Waals surface area (Å²) in [6, 6.07) is 0. The quantitative estimate of drug-likeness (QED) is 0.572. The molecule has 0 radical (unpaired) electrons. The van der Waals surface area contributed by atoms with Gasteiger partial charge in [0, 0.05) is 0 Å². The number of imidazole rings is 1. The van der Waals surface area contributed by atoms with Crippen LogP contribution in [0, 0.1) is 0 Å². The second-order valence-corrected chi connectivity index (χ2v) is 5.02. The van der Waals surface area contributed by atoms with E-state index in [4.69, 9.17) is 4.74 Å². The first-order valence-corrected chi connectivity index (χ1v) is 6.95. The molecule has 9 heteroatoms. The van der Waals surface area contributed by atoms with Gasteiger partial charge >= 0.3 is 115 Å². The Bertz CT molecular complexity index is 606. The van der Waals surface area contributed by atoms with Crippen molar-refractivity contribution in [1.82, 2.24) is 19.5 Å². The van der Waals surface area contributed by atoms with Gasteiger partial charge in [-0.25, -0.2) is 0 Å². The summed E-state index contributed by atoms with van der Waals surface area (Å²) >= 11 is 2.31. The minimum absolute atomic E-state index is 0.225. The van der Waals surface area contributed by atoms with Crippen molar-refractivity contribution in [2.75, 3.05) is 0 Å². The molecule has 1 saturated heterocycles. The minimum atomic E-state index is -1.08. The molecule has 0 amide bonds. The van der Waals surface area contributed by atoms with E-state index >= 15 is 0 Å². The zero-order valence-electron chi connectivity index (χ0n) is 9.66. The predicted molar refractivity (Wildman–Crippen MR) is 64.9 cm³/mol. The SMILES string of the molecule is Oc1ncnc2c1ncn2[C@@H]1O[C@H](C[SeH])[C@@H](O)[C@H]1O. The first-order valence-electron chi connectivity index (χ1n) is 5.62. The second kappa shape index (κ2) is 4.69. The Morgan fingerprint density at radius 3 is 2.74 bits per heavy atom. The Morgan fingerprint density at radius 1 is 1.26 bits per heavy atom. The molecule has 4 atom stereocenters. The maximum absolute atomic E-state index is 10.0. The first kappa shape index (κ1) is 12.8. The number of fused-ring (bicyclic) bond motifs is 1. The predicted octanol–water partition coefficient (Wildman–Crippen LogP) is -1.53. The van der Waals surface area contributed by atoms with Crippen LogP contribution in [0.1, 0.15) is 6.23 Å². The van der Waals surface area contributed by atoms with Gasteiger partial charge in [0.2, 0.25) is 0 Å². The first-order chi connectivity index (χ1) is 9.13. The second-order valence-electron chi connectivity index (χ2n) is 4.25. The van der Waals surface area contributed by atoms with Crippen LogP contribution < -0.4 is 0 Å². The van der Waals surface area contributed by atoms with Crippen molar-refractivity contribution in [2.45, 2.75) is 29.9 Å². The molecule has 0 unspecified atom stereocenters. The molecule has 1 fully saturated rings. The summed E-state index contributed by atoms with van der Waals surface area (Å²) in [5, 5.41) is 30.0. The van der Waals surface area contributed by atoms with Crippen LogP contribution in [-0.2, 0) is 4.74 Å². The third-order valence-corrected chi connectivity index (χ3v) is 3.89. The number of aliphatic hydroxyl groups is 2. The fourth-order valence-electron chi connectivity index (χ4n) is 2.14. The molecule has 2 aromatic heterocycles. The van der Waals surface area contributed by atoms with E-state index in [1.807, 2.05) is 0 Å². The number of aromatic nitrogens is 4. The van der Waals surface area contributed by atoms with Crippen LogP contribution in [0.2, 0.25) is 5.32 Å². The van der Waals surface area contributed by atoms with Crippen molar-refractivity contribution in [3.8, 4) is 5.88 Å². The van der Waals surface area contributed by atoms with Crippen LogP contribution in [0.4, 0.5) is 0 Å². The molecule has 1 aliphatic rings. The molecule has 102 valence electrons. The molecule has 3 N–H and O–H groups in total. The van der Waals surface area contributed by atoms with Crippen molar-refractivity contribution in [2.24, 2.45) is 0 Å². The van der Waals surface area contributed by atoms with E-state index in [-0.39, 0.29) is 11.4 Å². The topological polar surface area (TPSA) is 114 Å². The van der Waals surface area contributed by atoms with Crippen molar-refractivity contribution in [3.63, 3.8) is 0 Å².